The Kier molecular flexibility index (Phi) is 4.36. The molecule has 26 heavy (non-hydrogen) atoms. The Bertz CT molecular complexity index is 1130. The van der Waals surface area contributed by atoms with Crippen LogP contribution in [0.4, 0.5) is 0 Å². The summed E-state index contributed by atoms with van der Waals surface area (Å²) in [6, 6.07) is 12.9. The summed E-state index contributed by atoms with van der Waals surface area (Å²) in [7, 11) is 0. The van der Waals surface area contributed by atoms with E-state index in [0.717, 1.165) is 16.1 Å². The van der Waals surface area contributed by atoms with Crippen LogP contribution in [-0.2, 0) is 6.54 Å². The predicted octanol–water partition coefficient (Wildman–Crippen LogP) is 3.12. The van der Waals surface area contributed by atoms with Crippen LogP contribution in [0.3, 0.4) is 0 Å². The first-order valence-corrected chi connectivity index (χ1v) is 9.58. The number of fused-ring (bicyclic) bond motifs is 1. The van der Waals surface area contributed by atoms with Gasteiger partial charge in [-0.05, 0) is 18.4 Å². The molecule has 1 amide bonds. The first-order chi connectivity index (χ1) is 12.6. The van der Waals surface area contributed by atoms with E-state index in [-0.39, 0.29) is 18.0 Å². The van der Waals surface area contributed by atoms with Gasteiger partial charge in [0.15, 0.2) is 0 Å². The van der Waals surface area contributed by atoms with E-state index in [1.807, 2.05) is 42.6 Å². The molecule has 1 aromatic carbocycles. The van der Waals surface area contributed by atoms with E-state index in [9.17, 15) is 9.59 Å². The van der Waals surface area contributed by atoms with E-state index in [1.54, 1.807) is 6.07 Å². The van der Waals surface area contributed by atoms with Gasteiger partial charge in [-0.1, -0.05) is 47.2 Å². The van der Waals surface area contributed by atoms with Crippen LogP contribution in [0.15, 0.2) is 52.6 Å². The van der Waals surface area contributed by atoms with Crippen LogP contribution in [0.25, 0.3) is 15.5 Å². The van der Waals surface area contributed by atoms with Gasteiger partial charge in [-0.25, -0.2) is 4.98 Å². The van der Waals surface area contributed by atoms with Gasteiger partial charge in [0.25, 0.3) is 11.5 Å². The van der Waals surface area contributed by atoms with Gasteiger partial charge in [0, 0.05) is 11.6 Å². The summed E-state index contributed by atoms with van der Waals surface area (Å²) in [6.07, 6.45) is 0. The Balaban J connectivity index is 1.60. The first-order valence-electron chi connectivity index (χ1n) is 7.89. The second kappa shape index (κ2) is 6.81. The zero-order valence-corrected chi connectivity index (χ0v) is 15.4. The fraction of sp³-hybridized carbons (Fsp3) is 0.111. The highest BCUT2D eigenvalue weighted by Crippen LogP contribution is 2.24. The van der Waals surface area contributed by atoms with E-state index in [4.69, 9.17) is 0 Å². The molecule has 130 valence electrons. The lowest BCUT2D eigenvalue weighted by molar-refractivity contribution is 0.0954. The Morgan fingerprint density at radius 1 is 1.23 bits per heavy atom. The van der Waals surface area contributed by atoms with Gasteiger partial charge in [-0.15, -0.1) is 11.3 Å². The van der Waals surface area contributed by atoms with Crippen molar-refractivity contribution in [2.24, 2.45) is 0 Å². The van der Waals surface area contributed by atoms with Crippen molar-refractivity contribution in [2.75, 3.05) is 0 Å². The number of benzene rings is 1. The number of hydrogen-bond acceptors (Lipinski definition) is 6. The molecule has 4 rings (SSSR count). The molecule has 0 aliphatic carbocycles. The zero-order chi connectivity index (χ0) is 18.1. The molecule has 0 saturated heterocycles. The van der Waals surface area contributed by atoms with E-state index in [0.29, 0.717) is 15.5 Å². The van der Waals surface area contributed by atoms with Gasteiger partial charge in [0.1, 0.15) is 5.01 Å². The van der Waals surface area contributed by atoms with E-state index < -0.39 is 0 Å². The third-order valence-electron chi connectivity index (χ3n) is 3.77. The second-order valence-electron chi connectivity index (χ2n) is 5.71. The smallest absolute Gasteiger partial charge is 0.275 e. The fourth-order valence-electron chi connectivity index (χ4n) is 2.43. The Morgan fingerprint density at radius 3 is 2.77 bits per heavy atom. The molecule has 0 atom stereocenters. The van der Waals surface area contributed by atoms with E-state index >= 15 is 0 Å². The van der Waals surface area contributed by atoms with Crippen LogP contribution in [0.2, 0.25) is 0 Å². The van der Waals surface area contributed by atoms with Gasteiger partial charge in [0.05, 0.1) is 17.1 Å². The number of nitrogens with one attached hydrogen (secondary N) is 1. The maximum Gasteiger partial charge on any atom is 0.275 e. The van der Waals surface area contributed by atoms with Crippen molar-refractivity contribution >= 4 is 33.5 Å². The van der Waals surface area contributed by atoms with E-state index in [1.165, 1.54) is 33.3 Å². The summed E-state index contributed by atoms with van der Waals surface area (Å²) >= 11 is 2.71. The van der Waals surface area contributed by atoms with Crippen molar-refractivity contribution in [3.05, 3.63) is 74.3 Å². The summed E-state index contributed by atoms with van der Waals surface area (Å²) in [4.78, 5) is 29.9. The molecule has 4 aromatic rings. The molecule has 0 saturated carbocycles. The molecular weight excluding hydrogens is 368 g/mol. The molecule has 3 aromatic heterocycles. The zero-order valence-electron chi connectivity index (χ0n) is 13.8. The van der Waals surface area contributed by atoms with Crippen molar-refractivity contribution in [2.45, 2.75) is 13.5 Å². The normalized spacial score (nSPS) is 11.0. The summed E-state index contributed by atoms with van der Waals surface area (Å²) < 4.78 is 1.30. The molecule has 6 nitrogen and oxygen atoms in total. The Labute approximate surface area is 156 Å². The number of aromatic nitrogens is 3. The molecule has 8 heteroatoms. The minimum atomic E-state index is -0.259. The minimum absolute atomic E-state index is 0.174. The molecule has 0 aliphatic rings. The molecule has 3 heterocycles. The van der Waals surface area contributed by atoms with Crippen LogP contribution in [0, 0.1) is 6.92 Å². The van der Waals surface area contributed by atoms with Crippen LogP contribution in [0.5, 0.6) is 0 Å². The summed E-state index contributed by atoms with van der Waals surface area (Å²) in [5.74, 6) is -0.174. The van der Waals surface area contributed by atoms with Crippen LogP contribution < -0.4 is 10.9 Å². The number of aryl methyl sites for hydroxylation is 1. The molecule has 0 bridgehead atoms. The van der Waals surface area contributed by atoms with Crippen molar-refractivity contribution < 1.29 is 4.79 Å². The summed E-state index contributed by atoms with van der Waals surface area (Å²) in [6.45, 7) is 2.21. The highest BCUT2D eigenvalue weighted by atomic mass is 32.1. The maximum absolute atomic E-state index is 12.3. The van der Waals surface area contributed by atoms with Crippen molar-refractivity contribution in [1.29, 1.82) is 0 Å². The molecule has 0 aliphatic heterocycles. The summed E-state index contributed by atoms with van der Waals surface area (Å²) in [5.41, 5.74) is 2.36. The third kappa shape index (κ3) is 3.29. The molecular formula is C18H14N4O2S2. The van der Waals surface area contributed by atoms with Crippen molar-refractivity contribution in [1.82, 2.24) is 19.9 Å². The largest absolute Gasteiger partial charge is 0.346 e. The van der Waals surface area contributed by atoms with Crippen LogP contribution in [0.1, 0.15) is 20.9 Å². The van der Waals surface area contributed by atoms with Crippen LogP contribution >= 0.6 is 22.7 Å². The predicted molar refractivity (Wildman–Crippen MR) is 103 cm³/mol. The topological polar surface area (TPSA) is 76.4 Å². The number of carbonyl (C=O) groups is 1. The van der Waals surface area contributed by atoms with Crippen LogP contribution in [-0.4, -0.2) is 20.5 Å². The highest BCUT2D eigenvalue weighted by Gasteiger charge is 2.12. The van der Waals surface area contributed by atoms with Gasteiger partial charge in [-0.2, -0.15) is 9.61 Å². The number of hydrogen-bond donors (Lipinski definition) is 1. The monoisotopic (exact) mass is 382 g/mol. The fourth-order valence-corrected chi connectivity index (χ4v) is 3.99. The highest BCUT2D eigenvalue weighted by molar-refractivity contribution is 7.19. The van der Waals surface area contributed by atoms with E-state index in [2.05, 4.69) is 15.4 Å². The van der Waals surface area contributed by atoms with Gasteiger partial charge in [0.2, 0.25) is 4.96 Å². The number of rotatable bonds is 4. The molecule has 0 fully saturated rings. The number of carbonyl (C=O) groups excluding carboxylic acids is 1. The van der Waals surface area contributed by atoms with Crippen molar-refractivity contribution in [3.8, 4) is 10.6 Å². The molecule has 1 N–H and O–H groups in total. The van der Waals surface area contributed by atoms with Crippen molar-refractivity contribution in [3.63, 3.8) is 0 Å². The molecule has 0 spiro atoms. The number of nitrogens with zero attached hydrogens (tertiary/aromatic N) is 3. The third-order valence-corrected chi connectivity index (χ3v) is 5.60. The Morgan fingerprint density at radius 2 is 2.04 bits per heavy atom. The SMILES string of the molecule is Cc1ccc(-c2nn3c(=O)cc(CNC(=O)c4cccs4)nc3s2)cc1. The first kappa shape index (κ1) is 16.6. The molecule has 0 unspecified atom stereocenters. The average Bonchev–Trinajstić information content (AvgIpc) is 3.30. The number of amides is 1. The summed E-state index contributed by atoms with van der Waals surface area (Å²) in [5, 5.41) is 9.72. The minimum Gasteiger partial charge on any atom is -0.346 e. The van der Waals surface area contributed by atoms with Gasteiger partial charge >= 0.3 is 0 Å². The van der Waals surface area contributed by atoms with Gasteiger partial charge < -0.3 is 5.32 Å². The van der Waals surface area contributed by atoms with Gasteiger partial charge in [-0.3, -0.25) is 9.59 Å². The second-order valence-corrected chi connectivity index (χ2v) is 7.62. The quantitative estimate of drug-likeness (QED) is 0.588. The lowest BCUT2D eigenvalue weighted by Crippen LogP contribution is -2.24. The lowest BCUT2D eigenvalue weighted by Gasteiger charge is -2.02. The Hall–Kier alpha value is -2.84. The number of thiophene rings is 1. The molecule has 0 radical (unpaired) electrons. The lowest BCUT2D eigenvalue weighted by atomic mass is 10.2. The standard InChI is InChI=1S/C18H14N4O2S2/c1-11-4-6-12(7-5-11)17-21-22-15(23)9-13(20-18(22)26-17)10-19-16(24)14-3-2-8-25-14/h2-9H,10H2,1H3,(H,19,24). The maximum atomic E-state index is 12.3. The average molecular weight is 382 g/mol.